The maximum absolute atomic E-state index is 12.3. The van der Waals surface area contributed by atoms with E-state index < -0.39 is 0 Å². The van der Waals surface area contributed by atoms with E-state index in [9.17, 15) is 9.59 Å². The minimum Gasteiger partial charge on any atom is -0.339 e. The summed E-state index contributed by atoms with van der Waals surface area (Å²) >= 11 is 4.08. The normalized spacial score (nSPS) is 10.7. The van der Waals surface area contributed by atoms with Crippen molar-refractivity contribution in [3.05, 3.63) is 48.5 Å². The Bertz CT molecular complexity index is 907. The molecule has 1 N–H and O–H groups in total. The highest BCUT2D eigenvalue weighted by Gasteiger charge is 2.13. The maximum Gasteiger partial charge on any atom is 0.286 e. The van der Waals surface area contributed by atoms with Gasteiger partial charge in [-0.2, -0.15) is 0 Å². The Hall–Kier alpha value is -2.03. The molecule has 0 aliphatic heterocycles. The lowest BCUT2D eigenvalue weighted by Crippen LogP contribution is -2.17. The molecule has 1 heterocycles. The van der Waals surface area contributed by atoms with Crippen LogP contribution in [0.3, 0.4) is 0 Å². The summed E-state index contributed by atoms with van der Waals surface area (Å²) in [5, 5.41) is 2.80. The first-order valence-corrected chi connectivity index (χ1v) is 10.4. The van der Waals surface area contributed by atoms with Crippen molar-refractivity contribution in [2.24, 2.45) is 0 Å². The topological polar surface area (TPSA) is 62.3 Å². The standard InChI is InChI=1S/C18H17N3O2S3/c1-21(2)18(23)26-15-10-6-3-7-12(15)19-16(22)11-24-17-20-13-8-4-5-9-14(13)25-17/h3-10H,11H2,1-2H3,(H,19,22). The van der Waals surface area contributed by atoms with Crippen LogP contribution in [0.1, 0.15) is 0 Å². The van der Waals surface area contributed by atoms with E-state index in [2.05, 4.69) is 10.3 Å². The van der Waals surface area contributed by atoms with Crippen LogP contribution in [0.4, 0.5) is 10.5 Å². The van der Waals surface area contributed by atoms with E-state index in [1.165, 1.54) is 16.7 Å². The monoisotopic (exact) mass is 403 g/mol. The fourth-order valence-corrected chi connectivity index (χ4v) is 4.69. The van der Waals surface area contributed by atoms with Gasteiger partial charge < -0.3 is 10.2 Å². The molecule has 0 spiro atoms. The highest BCUT2D eigenvalue weighted by Crippen LogP contribution is 2.31. The van der Waals surface area contributed by atoms with Gasteiger partial charge in [0.25, 0.3) is 5.24 Å². The number of fused-ring (bicyclic) bond motifs is 1. The molecule has 0 saturated carbocycles. The number of aromatic nitrogens is 1. The van der Waals surface area contributed by atoms with E-state index >= 15 is 0 Å². The summed E-state index contributed by atoms with van der Waals surface area (Å²) in [5.74, 6) is 0.139. The van der Waals surface area contributed by atoms with Gasteiger partial charge in [-0.05, 0) is 36.0 Å². The lowest BCUT2D eigenvalue weighted by atomic mass is 10.3. The summed E-state index contributed by atoms with van der Waals surface area (Å²) in [7, 11) is 3.40. The van der Waals surface area contributed by atoms with Crippen molar-refractivity contribution < 1.29 is 9.59 Å². The van der Waals surface area contributed by atoms with E-state index in [-0.39, 0.29) is 16.9 Å². The molecule has 0 aliphatic rings. The van der Waals surface area contributed by atoms with Crippen LogP contribution in [-0.2, 0) is 4.79 Å². The van der Waals surface area contributed by atoms with Gasteiger partial charge in [0.15, 0.2) is 4.34 Å². The molecular weight excluding hydrogens is 386 g/mol. The molecule has 26 heavy (non-hydrogen) atoms. The summed E-state index contributed by atoms with van der Waals surface area (Å²) in [6.07, 6.45) is 0. The van der Waals surface area contributed by atoms with Crippen molar-refractivity contribution in [2.45, 2.75) is 9.24 Å². The fraction of sp³-hybridized carbons (Fsp3) is 0.167. The summed E-state index contributed by atoms with van der Waals surface area (Å²) in [4.78, 5) is 31.0. The number of benzene rings is 2. The predicted molar refractivity (Wildman–Crippen MR) is 110 cm³/mol. The molecule has 0 radical (unpaired) electrons. The third-order valence-corrected chi connectivity index (χ3v) is 6.62. The van der Waals surface area contributed by atoms with Crippen LogP contribution >= 0.6 is 34.9 Å². The summed E-state index contributed by atoms with van der Waals surface area (Å²) in [6, 6.07) is 15.2. The third-order valence-electron chi connectivity index (χ3n) is 3.32. The Morgan fingerprint density at radius 2 is 1.85 bits per heavy atom. The van der Waals surface area contributed by atoms with Crippen LogP contribution in [0.25, 0.3) is 10.2 Å². The van der Waals surface area contributed by atoms with Gasteiger partial charge in [0.1, 0.15) is 0 Å². The maximum atomic E-state index is 12.3. The molecular formula is C18H17N3O2S3. The van der Waals surface area contributed by atoms with Crippen LogP contribution in [0, 0.1) is 0 Å². The van der Waals surface area contributed by atoms with Crippen LogP contribution < -0.4 is 5.32 Å². The first kappa shape index (κ1) is 18.8. The number of amides is 2. The zero-order chi connectivity index (χ0) is 18.5. The Morgan fingerprint density at radius 1 is 1.12 bits per heavy atom. The van der Waals surface area contributed by atoms with Gasteiger partial charge in [0.05, 0.1) is 21.7 Å². The van der Waals surface area contributed by atoms with Gasteiger partial charge in [-0.25, -0.2) is 4.98 Å². The molecule has 2 amide bonds. The molecule has 3 rings (SSSR count). The van der Waals surface area contributed by atoms with E-state index in [1.807, 2.05) is 42.5 Å². The second-order valence-electron chi connectivity index (χ2n) is 5.54. The Morgan fingerprint density at radius 3 is 2.62 bits per heavy atom. The number of nitrogens with zero attached hydrogens (tertiary/aromatic N) is 2. The van der Waals surface area contributed by atoms with Crippen LogP contribution in [-0.4, -0.2) is 40.9 Å². The molecule has 1 aromatic heterocycles. The third kappa shape index (κ3) is 4.78. The summed E-state index contributed by atoms with van der Waals surface area (Å²) in [6.45, 7) is 0. The summed E-state index contributed by atoms with van der Waals surface area (Å²) in [5.41, 5.74) is 1.59. The molecule has 0 fully saturated rings. The van der Waals surface area contributed by atoms with Crippen molar-refractivity contribution in [1.82, 2.24) is 9.88 Å². The van der Waals surface area contributed by atoms with Crippen molar-refractivity contribution in [3.8, 4) is 0 Å². The largest absolute Gasteiger partial charge is 0.339 e. The molecule has 3 aromatic rings. The van der Waals surface area contributed by atoms with Crippen molar-refractivity contribution in [3.63, 3.8) is 0 Å². The van der Waals surface area contributed by atoms with Crippen molar-refractivity contribution in [2.75, 3.05) is 25.2 Å². The zero-order valence-electron chi connectivity index (χ0n) is 14.3. The number of carbonyl (C=O) groups is 2. The van der Waals surface area contributed by atoms with E-state index in [4.69, 9.17) is 0 Å². The zero-order valence-corrected chi connectivity index (χ0v) is 16.7. The molecule has 0 bridgehead atoms. The number of rotatable bonds is 5. The van der Waals surface area contributed by atoms with E-state index in [0.717, 1.165) is 31.2 Å². The lowest BCUT2D eigenvalue weighted by Gasteiger charge is -2.12. The molecule has 0 aliphatic carbocycles. The number of anilines is 1. The van der Waals surface area contributed by atoms with E-state index in [1.54, 1.807) is 31.5 Å². The molecule has 0 atom stereocenters. The molecule has 2 aromatic carbocycles. The summed E-state index contributed by atoms with van der Waals surface area (Å²) < 4.78 is 1.98. The van der Waals surface area contributed by atoms with Crippen LogP contribution in [0.5, 0.6) is 0 Å². The first-order valence-electron chi connectivity index (χ1n) is 7.79. The second kappa shape index (κ2) is 8.57. The number of thioether (sulfide) groups is 2. The van der Waals surface area contributed by atoms with Gasteiger partial charge in [0, 0.05) is 19.0 Å². The minimum atomic E-state index is -0.125. The number of nitrogens with one attached hydrogen (secondary N) is 1. The molecule has 5 nitrogen and oxygen atoms in total. The van der Waals surface area contributed by atoms with Crippen LogP contribution in [0.15, 0.2) is 57.8 Å². The smallest absolute Gasteiger partial charge is 0.286 e. The Balaban J connectivity index is 1.62. The predicted octanol–water partition coefficient (Wildman–Crippen LogP) is 4.80. The minimum absolute atomic E-state index is 0.0875. The van der Waals surface area contributed by atoms with Gasteiger partial charge in [-0.3, -0.25) is 9.59 Å². The highest BCUT2D eigenvalue weighted by molar-refractivity contribution is 8.13. The Labute approximate surface area is 164 Å². The SMILES string of the molecule is CN(C)C(=O)Sc1ccccc1NC(=O)CSc1nc2ccccc2s1. The molecule has 0 unspecified atom stereocenters. The molecule has 134 valence electrons. The average Bonchev–Trinajstić information content (AvgIpc) is 3.04. The van der Waals surface area contributed by atoms with Gasteiger partial charge in [0.2, 0.25) is 5.91 Å². The van der Waals surface area contributed by atoms with Crippen LogP contribution in [0.2, 0.25) is 0 Å². The average molecular weight is 404 g/mol. The van der Waals surface area contributed by atoms with Crippen molar-refractivity contribution >= 4 is 61.9 Å². The highest BCUT2D eigenvalue weighted by atomic mass is 32.2. The number of hydrogen-bond donors (Lipinski definition) is 1. The van der Waals surface area contributed by atoms with Gasteiger partial charge in [-0.1, -0.05) is 36.0 Å². The number of hydrogen-bond acceptors (Lipinski definition) is 6. The van der Waals surface area contributed by atoms with Gasteiger partial charge in [-0.15, -0.1) is 11.3 Å². The Kier molecular flexibility index (Phi) is 6.18. The number of thiazole rings is 1. The van der Waals surface area contributed by atoms with E-state index in [0.29, 0.717) is 5.69 Å². The quantitative estimate of drug-likeness (QED) is 0.620. The fourth-order valence-electron chi connectivity index (χ4n) is 2.07. The number of para-hydroxylation sites is 2. The first-order chi connectivity index (χ1) is 12.5. The second-order valence-corrected chi connectivity index (χ2v) is 8.79. The lowest BCUT2D eigenvalue weighted by molar-refractivity contribution is -0.113. The molecule has 8 heteroatoms. The number of carbonyl (C=O) groups excluding carboxylic acids is 2. The van der Waals surface area contributed by atoms with Gasteiger partial charge >= 0.3 is 0 Å². The van der Waals surface area contributed by atoms with Crippen molar-refractivity contribution in [1.29, 1.82) is 0 Å². The molecule has 0 saturated heterocycles.